The molecule has 2 heterocycles. The van der Waals surface area contributed by atoms with Crippen LogP contribution < -0.4 is 5.32 Å². The van der Waals surface area contributed by atoms with Gasteiger partial charge in [-0.2, -0.15) is 0 Å². The van der Waals surface area contributed by atoms with Crippen LogP contribution in [-0.2, 0) is 90.6 Å². The first-order valence-corrected chi connectivity index (χ1v) is 29.5. The molecule has 0 unspecified atom stereocenters. The number of phenols is 4. The minimum absolute atomic E-state index is 0. The molecule has 4 aliphatic rings. The van der Waals surface area contributed by atoms with Crippen LogP contribution in [0.5, 0.6) is 23.0 Å². The summed E-state index contributed by atoms with van der Waals surface area (Å²) in [4.78, 5) is 31.2. The Morgan fingerprint density at radius 3 is 1.08 bits per heavy atom. The van der Waals surface area contributed by atoms with Crippen molar-refractivity contribution in [3.05, 3.63) is 204 Å². The Bertz CT molecular complexity index is 3510. The van der Waals surface area contributed by atoms with Crippen LogP contribution in [0, 0.1) is 0 Å². The topological polar surface area (TPSA) is 174 Å². The van der Waals surface area contributed by atoms with Gasteiger partial charge in [0.25, 0.3) is 0 Å². The number of aromatic nitrogens is 6. The first-order valence-electron chi connectivity index (χ1n) is 29.5. The number of nitrogens with one attached hydrogen (secondary N) is 1. The fourth-order valence-electron chi connectivity index (χ4n) is 11.8. The third-order valence-corrected chi connectivity index (χ3v) is 16.2. The zero-order valence-electron chi connectivity index (χ0n) is 48.3. The van der Waals surface area contributed by atoms with E-state index in [-0.39, 0.29) is 72.0 Å². The minimum atomic E-state index is -0.0565. The molecule has 0 saturated heterocycles. The van der Waals surface area contributed by atoms with Crippen molar-refractivity contribution in [2.75, 3.05) is 26.2 Å². The van der Waals surface area contributed by atoms with Crippen LogP contribution in [0.1, 0.15) is 118 Å². The number of fused-ring (bicyclic) bond motifs is 4. The molecule has 6 aromatic carbocycles. The van der Waals surface area contributed by atoms with E-state index in [1.165, 1.54) is 108 Å². The van der Waals surface area contributed by atoms with Crippen LogP contribution in [0.2, 0.25) is 0 Å². The number of benzene rings is 6. The van der Waals surface area contributed by atoms with Gasteiger partial charge in [-0.05, 0) is 196 Å². The van der Waals surface area contributed by atoms with Gasteiger partial charge in [0.2, 0.25) is 0 Å². The van der Waals surface area contributed by atoms with Gasteiger partial charge in [-0.15, -0.1) is 26.3 Å². The van der Waals surface area contributed by atoms with Crippen LogP contribution in [0.15, 0.2) is 154 Å². The largest absolute Gasteiger partial charge is 0.508 e. The zero-order chi connectivity index (χ0) is 57.7. The number of rotatable bonds is 16. The van der Waals surface area contributed by atoms with Gasteiger partial charge in [0.15, 0.2) is 34.9 Å². The fraction of sp³-hybridized carbons (Fsp3) is 0.315. The summed E-state index contributed by atoms with van der Waals surface area (Å²) in [7, 11) is 0. The monoisotopic (exact) mass is 1230 g/mol. The Labute approximate surface area is 536 Å². The van der Waals surface area contributed by atoms with E-state index in [9.17, 15) is 20.4 Å². The molecule has 2 aromatic heterocycles. The maximum Gasteiger partial charge on any atom is 0.167 e. The predicted molar refractivity (Wildman–Crippen MR) is 350 cm³/mol. The molecule has 0 atom stereocenters. The number of aromatic hydroxyl groups is 4. The normalized spacial score (nSPS) is 13.5. The first kappa shape index (κ1) is 66.1. The summed E-state index contributed by atoms with van der Waals surface area (Å²) < 4.78 is 0. The number of hydrogen-bond acceptors (Lipinski definition) is 12. The molecule has 0 fully saturated rings. The number of phenolic OH excluding ortho intramolecular Hbond substituents is 4. The molecule has 13 heteroatoms. The van der Waals surface area contributed by atoms with Crippen molar-refractivity contribution >= 4 is 0 Å². The molecule has 0 aliphatic heterocycles. The second-order valence-corrected chi connectivity index (χ2v) is 22.0. The Morgan fingerprint density at radius 2 is 0.733 bits per heavy atom. The molecule has 0 bridgehead atoms. The van der Waals surface area contributed by atoms with Crippen LogP contribution in [0.4, 0.5) is 0 Å². The van der Waals surface area contributed by atoms with Gasteiger partial charge in [-0.3, -0.25) is 4.90 Å². The Kier molecular flexibility index (Phi) is 24.4. The van der Waals surface area contributed by atoms with E-state index in [1.807, 2.05) is 17.1 Å². The van der Waals surface area contributed by atoms with Crippen LogP contribution in [0.3, 0.4) is 0 Å². The van der Waals surface area contributed by atoms with E-state index in [2.05, 4.69) is 104 Å². The average Bonchev–Trinajstić information content (AvgIpc) is 1.57. The smallest absolute Gasteiger partial charge is 0.167 e. The second kappa shape index (κ2) is 31.8. The summed E-state index contributed by atoms with van der Waals surface area (Å²) in [5, 5.41) is 45.6. The molecule has 4 aliphatic carbocycles. The third-order valence-electron chi connectivity index (χ3n) is 16.2. The van der Waals surface area contributed by atoms with E-state index in [0.717, 1.165) is 86.7 Å². The number of nitrogens with zero attached hydrogens (tertiary/aromatic N) is 7. The van der Waals surface area contributed by atoms with E-state index in [4.69, 9.17) is 29.9 Å². The first-order chi connectivity index (χ1) is 40.6. The van der Waals surface area contributed by atoms with Crippen molar-refractivity contribution in [3.8, 4) is 91.3 Å². The van der Waals surface area contributed by atoms with Crippen molar-refractivity contribution in [1.29, 1.82) is 0 Å². The summed E-state index contributed by atoms with van der Waals surface area (Å²) in [6.07, 6.45) is 25.7. The van der Waals surface area contributed by atoms with Crippen molar-refractivity contribution in [2.24, 2.45) is 0 Å². The number of aryl methyl sites for hydroxylation is 8. The van der Waals surface area contributed by atoms with Gasteiger partial charge < -0.3 is 25.7 Å². The summed E-state index contributed by atoms with van der Waals surface area (Å²) in [5.41, 5.74) is 16.2. The van der Waals surface area contributed by atoms with Crippen LogP contribution in [0.25, 0.3) is 68.3 Å². The van der Waals surface area contributed by atoms with E-state index in [0.29, 0.717) is 71.3 Å². The van der Waals surface area contributed by atoms with E-state index >= 15 is 0 Å². The van der Waals surface area contributed by atoms with Gasteiger partial charge >= 0.3 is 0 Å². The van der Waals surface area contributed by atoms with Gasteiger partial charge in [0.05, 0.1) is 16.7 Å². The zero-order valence-corrected chi connectivity index (χ0v) is 51.1. The van der Waals surface area contributed by atoms with Gasteiger partial charge in [-0.1, -0.05) is 87.7 Å². The maximum atomic E-state index is 11.5. The molecule has 445 valence electrons. The van der Waals surface area contributed by atoms with Crippen molar-refractivity contribution in [2.45, 2.75) is 124 Å². The summed E-state index contributed by atoms with van der Waals surface area (Å²) in [6.45, 7) is 18.0. The molecule has 0 amide bonds. The second-order valence-electron chi connectivity index (χ2n) is 22.0. The minimum Gasteiger partial charge on any atom is -0.508 e. The van der Waals surface area contributed by atoms with Gasteiger partial charge in [0, 0.05) is 95.2 Å². The summed E-state index contributed by atoms with van der Waals surface area (Å²) in [6, 6.07) is 33.8. The SMILES string of the molecule is C.C.C=CCN(CC=C)Cc1c(O)ccc(-c2nc(-c3ccc4c(c3)CCCC4)nc(-c3ccc4c(c3)CCCC4)n2)c1O.C=CCNCC=C.Oc1ccc(-c2nc(-c3ccc4c(c3)CCCC4)nc(-c3ccc4c(c3)CCCC4)n2)c(O)c1.[2HH].[Y]. The maximum absolute atomic E-state index is 11.5. The molecule has 0 spiro atoms. The van der Waals surface area contributed by atoms with Crippen LogP contribution in [-0.4, -0.2) is 81.4 Å². The molecule has 12 rings (SSSR count). The molecule has 12 nitrogen and oxygen atoms in total. The Hall–Kier alpha value is -7.48. The Balaban J connectivity index is 0.000000244. The van der Waals surface area contributed by atoms with Gasteiger partial charge in [-0.25, -0.2) is 29.9 Å². The molecular weight excluding hydrogens is 1140 g/mol. The van der Waals surface area contributed by atoms with Crippen LogP contribution >= 0.6 is 0 Å². The standard InChI is InChI=1S/C36H38N4O2.C29H27N3O2.C6H11N.2CH4.Y.H2/c1-3-19-40(20-4-2)23-31-32(41)18-17-30(33(31)42)36-38-34(28-15-13-24-9-5-7-11-26(24)21-28)37-35(39-36)29-16-14-25-10-6-8-12-27(25)22-29;33-24-13-14-25(26(34)17-24)29-31-27(22-11-9-18-5-1-3-7-20(18)15-22)30-28(32-29)23-12-10-19-6-2-4-8-21(19)16-23;1-3-5-7-6-4-2;;;;/h3-4,13-18,21-22,41-42H,1-2,5-12,19-20,23H2;9-17,33-34H,1-8H2;3-4,7H,1-2,5-6H2;2*1H4;;1H/i;;;;;;1+1. The quantitative estimate of drug-likeness (QED) is 0.0458. The van der Waals surface area contributed by atoms with Gasteiger partial charge in [0.1, 0.15) is 23.0 Å². The molecule has 8 aromatic rings. The molecular formula is C73H86N8O4Y. The number of hydrogen-bond donors (Lipinski definition) is 5. The predicted octanol–water partition coefficient (Wildman–Crippen LogP) is 15.7. The summed E-state index contributed by atoms with van der Waals surface area (Å²) >= 11 is 0. The molecule has 86 heavy (non-hydrogen) atoms. The van der Waals surface area contributed by atoms with E-state index in [1.54, 1.807) is 30.4 Å². The van der Waals surface area contributed by atoms with Crippen molar-refractivity contribution < 1.29 is 54.6 Å². The van der Waals surface area contributed by atoms with Crippen molar-refractivity contribution in [1.82, 2.24) is 40.1 Å². The fourth-order valence-corrected chi connectivity index (χ4v) is 11.8. The average molecular weight is 1230 g/mol. The van der Waals surface area contributed by atoms with Crippen molar-refractivity contribution in [3.63, 3.8) is 0 Å². The molecule has 0 saturated carbocycles. The third kappa shape index (κ3) is 16.1. The molecule has 1 radical (unpaired) electrons. The Morgan fingerprint density at radius 1 is 0.395 bits per heavy atom. The van der Waals surface area contributed by atoms with E-state index < -0.39 is 0 Å². The molecule has 5 N–H and O–H groups in total. The summed E-state index contributed by atoms with van der Waals surface area (Å²) in [5.74, 6) is 3.05.